The quantitative estimate of drug-likeness (QED) is 0.572. The minimum atomic E-state index is -0.321. The van der Waals surface area contributed by atoms with Gasteiger partial charge in [0.2, 0.25) is 11.7 Å². The first kappa shape index (κ1) is 15.9. The van der Waals surface area contributed by atoms with Gasteiger partial charge in [0.15, 0.2) is 11.5 Å². The number of amides is 1. The van der Waals surface area contributed by atoms with Crippen molar-refractivity contribution in [3.63, 3.8) is 0 Å². The number of carbonyl (C=O) groups is 1. The molecule has 1 amide bonds. The summed E-state index contributed by atoms with van der Waals surface area (Å²) in [6, 6.07) is 14.7. The van der Waals surface area contributed by atoms with Gasteiger partial charge in [-0.15, -0.1) is 0 Å². The second-order valence-electron chi connectivity index (χ2n) is 5.57. The summed E-state index contributed by atoms with van der Waals surface area (Å²) in [4.78, 5) is 16.6. The Kier molecular flexibility index (Phi) is 4.34. The topological polar surface area (TPSA) is 94.3 Å². The summed E-state index contributed by atoms with van der Waals surface area (Å²) in [6.45, 7) is 0.405. The van der Waals surface area contributed by atoms with Crippen LogP contribution in [0.15, 0.2) is 74.4 Å². The normalized spacial score (nSPS) is 10.8. The lowest BCUT2D eigenvalue weighted by Crippen LogP contribution is -2.26. The zero-order valence-corrected chi connectivity index (χ0v) is 13.7. The van der Waals surface area contributed by atoms with Crippen LogP contribution in [0.25, 0.3) is 23.0 Å². The third-order valence-corrected chi connectivity index (χ3v) is 3.75. The van der Waals surface area contributed by atoms with Crippen LogP contribution >= 0.6 is 0 Å². The molecule has 4 rings (SSSR count). The van der Waals surface area contributed by atoms with Gasteiger partial charge in [-0.1, -0.05) is 23.4 Å². The number of furan rings is 1. The summed E-state index contributed by atoms with van der Waals surface area (Å²) in [7, 11) is 0. The number of hydrogen-bond acceptors (Lipinski definition) is 6. The van der Waals surface area contributed by atoms with Gasteiger partial charge in [-0.2, -0.15) is 0 Å². The molecule has 0 fully saturated rings. The molecule has 3 aromatic heterocycles. The van der Waals surface area contributed by atoms with E-state index in [0.717, 1.165) is 11.3 Å². The standard InChI is InChI=1S/C19H15N3O4/c23-18(15-11-17(26-22-15)16-7-4-10-24-16)20-9-8-14-12-25-19(21-14)13-5-2-1-3-6-13/h1-7,10-12H,8-9H2,(H,20,23). The summed E-state index contributed by atoms with van der Waals surface area (Å²) in [5.41, 5.74) is 1.87. The molecule has 0 saturated heterocycles. The second kappa shape index (κ2) is 7.10. The molecule has 0 saturated carbocycles. The average Bonchev–Trinajstić information content (AvgIpc) is 3.42. The Morgan fingerprint density at radius 1 is 1.04 bits per heavy atom. The van der Waals surface area contributed by atoms with Crippen molar-refractivity contribution in [1.82, 2.24) is 15.5 Å². The maximum atomic E-state index is 12.1. The number of nitrogens with zero attached hydrogens (tertiary/aromatic N) is 2. The highest BCUT2D eigenvalue weighted by Crippen LogP contribution is 2.20. The molecule has 1 N–H and O–H groups in total. The molecule has 0 bridgehead atoms. The van der Waals surface area contributed by atoms with E-state index in [2.05, 4.69) is 15.5 Å². The summed E-state index contributed by atoms with van der Waals surface area (Å²) < 4.78 is 15.8. The monoisotopic (exact) mass is 349 g/mol. The summed E-state index contributed by atoms with van der Waals surface area (Å²) in [5.74, 6) is 1.17. The highest BCUT2D eigenvalue weighted by atomic mass is 16.5. The van der Waals surface area contributed by atoms with E-state index in [-0.39, 0.29) is 11.6 Å². The lowest BCUT2D eigenvalue weighted by Gasteiger charge is -1.99. The smallest absolute Gasteiger partial charge is 0.273 e. The number of rotatable bonds is 6. The summed E-state index contributed by atoms with van der Waals surface area (Å²) >= 11 is 0. The Labute approximate surface area is 148 Å². The Morgan fingerprint density at radius 3 is 2.73 bits per heavy atom. The number of benzene rings is 1. The van der Waals surface area contributed by atoms with E-state index >= 15 is 0 Å². The third-order valence-electron chi connectivity index (χ3n) is 3.75. The molecule has 1 aromatic carbocycles. The molecular weight excluding hydrogens is 334 g/mol. The molecule has 7 nitrogen and oxygen atoms in total. The van der Waals surface area contributed by atoms with Crippen molar-refractivity contribution >= 4 is 5.91 Å². The lowest BCUT2D eigenvalue weighted by molar-refractivity contribution is 0.0945. The predicted molar refractivity (Wildman–Crippen MR) is 92.2 cm³/mol. The molecule has 130 valence electrons. The van der Waals surface area contributed by atoms with Crippen molar-refractivity contribution in [3.8, 4) is 23.0 Å². The van der Waals surface area contributed by atoms with Crippen LogP contribution in [-0.4, -0.2) is 22.6 Å². The molecule has 0 unspecified atom stereocenters. The van der Waals surface area contributed by atoms with Gasteiger partial charge in [-0.3, -0.25) is 4.79 Å². The van der Waals surface area contributed by atoms with Crippen LogP contribution in [0.5, 0.6) is 0 Å². The maximum absolute atomic E-state index is 12.1. The first-order chi connectivity index (χ1) is 12.8. The maximum Gasteiger partial charge on any atom is 0.273 e. The van der Waals surface area contributed by atoms with Crippen LogP contribution in [0, 0.1) is 0 Å². The molecular formula is C19H15N3O4. The number of nitrogens with one attached hydrogen (secondary N) is 1. The fourth-order valence-electron chi connectivity index (χ4n) is 2.45. The van der Waals surface area contributed by atoms with Crippen LogP contribution in [0.4, 0.5) is 0 Å². The zero-order chi connectivity index (χ0) is 17.8. The van der Waals surface area contributed by atoms with Gasteiger partial charge in [0, 0.05) is 24.6 Å². The van der Waals surface area contributed by atoms with Crippen LogP contribution in [-0.2, 0) is 6.42 Å². The van der Waals surface area contributed by atoms with E-state index in [0.29, 0.717) is 30.4 Å². The van der Waals surface area contributed by atoms with E-state index in [1.54, 1.807) is 18.4 Å². The van der Waals surface area contributed by atoms with Gasteiger partial charge in [-0.25, -0.2) is 4.98 Å². The van der Waals surface area contributed by atoms with Crippen molar-refractivity contribution in [3.05, 3.63) is 72.4 Å². The number of oxazole rings is 1. The van der Waals surface area contributed by atoms with Gasteiger partial charge < -0.3 is 18.7 Å². The molecule has 0 atom stereocenters. The molecule has 0 spiro atoms. The Balaban J connectivity index is 1.32. The molecule has 0 aliphatic heterocycles. The van der Waals surface area contributed by atoms with Crippen LogP contribution in [0.3, 0.4) is 0 Å². The van der Waals surface area contributed by atoms with Crippen LogP contribution < -0.4 is 5.32 Å². The molecule has 7 heteroatoms. The molecule has 26 heavy (non-hydrogen) atoms. The van der Waals surface area contributed by atoms with Crippen molar-refractivity contribution in [1.29, 1.82) is 0 Å². The second-order valence-corrected chi connectivity index (χ2v) is 5.57. The Bertz CT molecular complexity index is 987. The lowest BCUT2D eigenvalue weighted by atomic mass is 10.2. The molecule has 3 heterocycles. The van der Waals surface area contributed by atoms with Crippen LogP contribution in [0.1, 0.15) is 16.2 Å². The molecule has 4 aromatic rings. The molecule has 0 aliphatic carbocycles. The van der Waals surface area contributed by atoms with E-state index in [4.69, 9.17) is 13.4 Å². The minimum absolute atomic E-state index is 0.196. The van der Waals surface area contributed by atoms with Crippen molar-refractivity contribution in [2.24, 2.45) is 0 Å². The van der Waals surface area contributed by atoms with Gasteiger partial charge >= 0.3 is 0 Å². The highest BCUT2D eigenvalue weighted by Gasteiger charge is 2.15. The van der Waals surface area contributed by atoms with Crippen molar-refractivity contribution < 1.29 is 18.2 Å². The van der Waals surface area contributed by atoms with Crippen LogP contribution in [0.2, 0.25) is 0 Å². The average molecular weight is 349 g/mol. The Morgan fingerprint density at radius 2 is 1.92 bits per heavy atom. The van der Waals surface area contributed by atoms with Crippen molar-refractivity contribution in [2.75, 3.05) is 6.54 Å². The number of hydrogen-bond donors (Lipinski definition) is 1. The van der Waals surface area contributed by atoms with E-state index < -0.39 is 0 Å². The third kappa shape index (κ3) is 3.41. The van der Waals surface area contributed by atoms with E-state index in [1.165, 1.54) is 12.3 Å². The Hall–Kier alpha value is -3.61. The number of aromatic nitrogens is 2. The first-order valence-electron chi connectivity index (χ1n) is 8.08. The number of carbonyl (C=O) groups excluding carboxylic acids is 1. The fraction of sp³-hybridized carbons (Fsp3) is 0.105. The van der Waals surface area contributed by atoms with Gasteiger partial charge in [0.1, 0.15) is 6.26 Å². The summed E-state index contributed by atoms with van der Waals surface area (Å²) in [5, 5.41) is 6.54. The first-order valence-corrected chi connectivity index (χ1v) is 8.08. The van der Waals surface area contributed by atoms with E-state index in [9.17, 15) is 4.79 Å². The highest BCUT2D eigenvalue weighted by molar-refractivity contribution is 5.92. The van der Waals surface area contributed by atoms with E-state index in [1.807, 2.05) is 30.3 Å². The SMILES string of the molecule is O=C(NCCc1coc(-c2ccccc2)n1)c1cc(-c2ccco2)on1. The molecule has 0 aliphatic rings. The largest absolute Gasteiger partial charge is 0.461 e. The zero-order valence-electron chi connectivity index (χ0n) is 13.7. The molecule has 0 radical (unpaired) electrons. The minimum Gasteiger partial charge on any atom is -0.461 e. The van der Waals surface area contributed by atoms with Gasteiger partial charge in [-0.05, 0) is 24.3 Å². The predicted octanol–water partition coefficient (Wildman–Crippen LogP) is 3.56. The van der Waals surface area contributed by atoms with Crippen molar-refractivity contribution in [2.45, 2.75) is 6.42 Å². The van der Waals surface area contributed by atoms with Gasteiger partial charge in [0.25, 0.3) is 5.91 Å². The fourth-order valence-corrected chi connectivity index (χ4v) is 2.45. The van der Waals surface area contributed by atoms with Gasteiger partial charge in [0.05, 0.1) is 12.0 Å². The summed E-state index contributed by atoms with van der Waals surface area (Å²) in [6.07, 6.45) is 3.67.